The first-order chi connectivity index (χ1) is 5.74. The maximum atomic E-state index is 11.0. The van der Waals surface area contributed by atoms with Gasteiger partial charge in [0.1, 0.15) is 0 Å². The average molecular weight is 188 g/mol. The van der Waals surface area contributed by atoms with Crippen LogP contribution in [0.1, 0.15) is 0 Å². The summed E-state index contributed by atoms with van der Waals surface area (Å²) >= 11 is 5.65. The van der Waals surface area contributed by atoms with Crippen molar-refractivity contribution < 1.29 is 0 Å². The van der Waals surface area contributed by atoms with Crippen LogP contribution in [0.25, 0.3) is 0 Å². The van der Waals surface area contributed by atoms with E-state index in [-0.39, 0.29) is 5.69 Å². The second-order valence-corrected chi connectivity index (χ2v) is 2.79. The molecule has 1 aromatic heterocycles. The zero-order chi connectivity index (χ0) is 8.97. The lowest BCUT2D eigenvalue weighted by molar-refractivity contribution is 0.612. The van der Waals surface area contributed by atoms with Crippen molar-refractivity contribution in [1.29, 1.82) is 0 Å². The van der Waals surface area contributed by atoms with E-state index in [4.69, 9.17) is 11.6 Å². The molecular weight excluding hydrogens is 178 g/mol. The Morgan fingerprint density at radius 1 is 1.75 bits per heavy atom. The van der Waals surface area contributed by atoms with Gasteiger partial charge in [-0.3, -0.25) is 4.57 Å². The van der Waals surface area contributed by atoms with Crippen LogP contribution >= 0.6 is 11.6 Å². The van der Waals surface area contributed by atoms with E-state index >= 15 is 0 Å². The minimum Gasteiger partial charge on any atom is -0.318 e. The monoisotopic (exact) mass is 187 g/mol. The van der Waals surface area contributed by atoms with Gasteiger partial charge in [0.25, 0.3) is 0 Å². The third-order valence-electron chi connectivity index (χ3n) is 1.43. The number of rotatable bonds is 3. The van der Waals surface area contributed by atoms with Crippen molar-refractivity contribution in [3.8, 4) is 0 Å². The Bertz CT molecular complexity index is 310. The molecule has 0 aromatic carbocycles. The normalized spacial score (nSPS) is 10.2. The molecule has 0 saturated heterocycles. The van der Waals surface area contributed by atoms with Gasteiger partial charge in [0.05, 0.1) is 11.2 Å². The average Bonchev–Trinajstić information content (AvgIpc) is 2.07. The van der Waals surface area contributed by atoms with Crippen molar-refractivity contribution >= 4 is 11.6 Å². The van der Waals surface area contributed by atoms with Crippen LogP contribution in [0.15, 0.2) is 17.2 Å². The SMILES string of the molecule is CNCCn1cc(Cl)cnc1=O. The summed E-state index contributed by atoms with van der Waals surface area (Å²) in [6.45, 7) is 1.31. The second kappa shape index (κ2) is 4.23. The Labute approximate surface area is 75.2 Å². The standard InChI is InChI=1S/C7H10ClN3O/c1-9-2-3-11-5-6(8)4-10-7(11)12/h4-5,9H,2-3H2,1H3. The van der Waals surface area contributed by atoms with E-state index in [1.165, 1.54) is 10.8 Å². The van der Waals surface area contributed by atoms with Gasteiger partial charge < -0.3 is 5.32 Å². The van der Waals surface area contributed by atoms with Crippen LogP contribution in [0.4, 0.5) is 0 Å². The lowest BCUT2D eigenvalue weighted by Gasteiger charge is -2.03. The van der Waals surface area contributed by atoms with Crippen LogP contribution in [0, 0.1) is 0 Å². The largest absolute Gasteiger partial charge is 0.347 e. The summed E-state index contributed by atoms with van der Waals surface area (Å²) in [6, 6.07) is 0. The van der Waals surface area contributed by atoms with E-state index < -0.39 is 0 Å². The Hall–Kier alpha value is -0.870. The molecule has 0 saturated carbocycles. The number of halogens is 1. The molecule has 66 valence electrons. The highest BCUT2D eigenvalue weighted by Gasteiger charge is 1.96. The van der Waals surface area contributed by atoms with Gasteiger partial charge in [-0.25, -0.2) is 9.78 Å². The summed E-state index contributed by atoms with van der Waals surface area (Å²) in [5.41, 5.74) is -0.269. The van der Waals surface area contributed by atoms with E-state index in [9.17, 15) is 4.79 Å². The zero-order valence-corrected chi connectivity index (χ0v) is 7.51. The third-order valence-corrected chi connectivity index (χ3v) is 1.62. The van der Waals surface area contributed by atoms with Crippen LogP contribution < -0.4 is 11.0 Å². The Morgan fingerprint density at radius 2 is 2.50 bits per heavy atom. The molecule has 12 heavy (non-hydrogen) atoms. The smallest absolute Gasteiger partial charge is 0.318 e. The van der Waals surface area contributed by atoms with Crippen molar-refractivity contribution in [1.82, 2.24) is 14.9 Å². The van der Waals surface area contributed by atoms with Crippen molar-refractivity contribution in [3.05, 3.63) is 27.9 Å². The van der Waals surface area contributed by atoms with Gasteiger partial charge in [-0.15, -0.1) is 0 Å². The summed E-state index contributed by atoms with van der Waals surface area (Å²) in [6.07, 6.45) is 2.92. The predicted molar refractivity (Wildman–Crippen MR) is 47.4 cm³/mol. The van der Waals surface area contributed by atoms with Crippen LogP contribution in [-0.2, 0) is 6.54 Å². The van der Waals surface area contributed by atoms with E-state index in [1.807, 2.05) is 7.05 Å². The van der Waals surface area contributed by atoms with Gasteiger partial charge in [-0.2, -0.15) is 0 Å². The summed E-state index contributed by atoms with van der Waals surface area (Å²) in [7, 11) is 1.82. The highest BCUT2D eigenvalue weighted by atomic mass is 35.5. The lowest BCUT2D eigenvalue weighted by atomic mass is 10.5. The number of nitrogens with one attached hydrogen (secondary N) is 1. The number of hydrogen-bond acceptors (Lipinski definition) is 3. The summed E-state index contributed by atoms with van der Waals surface area (Å²) < 4.78 is 1.47. The number of nitrogens with zero attached hydrogens (tertiary/aromatic N) is 2. The van der Waals surface area contributed by atoms with Gasteiger partial charge in [-0.05, 0) is 7.05 Å². The molecule has 1 aromatic rings. The first-order valence-corrected chi connectivity index (χ1v) is 3.98. The van der Waals surface area contributed by atoms with Crippen LogP contribution in [0.3, 0.4) is 0 Å². The van der Waals surface area contributed by atoms with Crippen LogP contribution in [0.5, 0.6) is 0 Å². The highest BCUT2D eigenvalue weighted by Crippen LogP contribution is 2.00. The molecule has 0 unspecified atom stereocenters. The molecular formula is C7H10ClN3O. The summed E-state index contributed by atoms with van der Waals surface area (Å²) in [5, 5.41) is 3.41. The topological polar surface area (TPSA) is 46.9 Å². The predicted octanol–water partition coefficient (Wildman–Crippen LogP) is 0.116. The van der Waals surface area contributed by atoms with E-state index in [0.717, 1.165) is 6.54 Å². The maximum absolute atomic E-state index is 11.0. The number of aromatic nitrogens is 2. The van der Waals surface area contributed by atoms with E-state index in [1.54, 1.807) is 6.20 Å². The van der Waals surface area contributed by atoms with Crippen molar-refractivity contribution in [2.45, 2.75) is 6.54 Å². The third kappa shape index (κ3) is 2.32. The fourth-order valence-corrected chi connectivity index (χ4v) is 0.988. The first-order valence-electron chi connectivity index (χ1n) is 3.60. The van der Waals surface area contributed by atoms with E-state index in [0.29, 0.717) is 11.6 Å². The maximum Gasteiger partial charge on any atom is 0.347 e. The molecule has 0 fully saturated rings. The molecule has 0 aliphatic carbocycles. The molecule has 0 amide bonds. The van der Waals surface area contributed by atoms with Gasteiger partial charge in [-0.1, -0.05) is 11.6 Å². The molecule has 1 rings (SSSR count). The zero-order valence-electron chi connectivity index (χ0n) is 6.75. The highest BCUT2D eigenvalue weighted by molar-refractivity contribution is 6.30. The first kappa shape index (κ1) is 9.22. The molecule has 1 heterocycles. The van der Waals surface area contributed by atoms with Crippen molar-refractivity contribution in [3.63, 3.8) is 0 Å². The second-order valence-electron chi connectivity index (χ2n) is 2.35. The molecule has 0 aliphatic heterocycles. The molecule has 0 atom stereocenters. The Kier molecular flexibility index (Phi) is 3.25. The molecule has 5 heteroatoms. The number of likely N-dealkylation sites (N-methyl/N-ethyl adjacent to an activating group) is 1. The fourth-order valence-electron chi connectivity index (χ4n) is 0.821. The van der Waals surface area contributed by atoms with Gasteiger partial charge in [0.15, 0.2) is 0 Å². The quantitative estimate of drug-likeness (QED) is 0.731. The minimum atomic E-state index is -0.269. The van der Waals surface area contributed by atoms with Crippen molar-refractivity contribution in [2.75, 3.05) is 13.6 Å². The fraction of sp³-hybridized carbons (Fsp3) is 0.429. The lowest BCUT2D eigenvalue weighted by Crippen LogP contribution is -2.26. The van der Waals surface area contributed by atoms with Gasteiger partial charge in [0.2, 0.25) is 0 Å². The number of hydrogen-bond donors (Lipinski definition) is 1. The summed E-state index contributed by atoms with van der Waals surface area (Å²) in [4.78, 5) is 14.6. The minimum absolute atomic E-state index is 0.269. The van der Waals surface area contributed by atoms with Crippen molar-refractivity contribution in [2.24, 2.45) is 0 Å². The molecule has 0 radical (unpaired) electrons. The summed E-state index contributed by atoms with van der Waals surface area (Å²) in [5.74, 6) is 0. The van der Waals surface area contributed by atoms with Gasteiger partial charge in [0, 0.05) is 19.3 Å². The van der Waals surface area contributed by atoms with Crippen LogP contribution in [0.2, 0.25) is 5.02 Å². The molecule has 4 nitrogen and oxygen atoms in total. The Morgan fingerprint density at radius 3 is 3.17 bits per heavy atom. The molecule has 1 N–H and O–H groups in total. The molecule has 0 bridgehead atoms. The molecule has 0 spiro atoms. The Balaban J connectivity index is 2.83. The van der Waals surface area contributed by atoms with E-state index in [2.05, 4.69) is 10.3 Å². The van der Waals surface area contributed by atoms with Crippen LogP contribution in [-0.4, -0.2) is 23.1 Å². The van der Waals surface area contributed by atoms with Gasteiger partial charge >= 0.3 is 5.69 Å². The molecule has 0 aliphatic rings.